The summed E-state index contributed by atoms with van der Waals surface area (Å²) in [4.78, 5) is 50.4. The zero-order chi connectivity index (χ0) is 25.6. The lowest BCUT2D eigenvalue weighted by Crippen LogP contribution is -2.36. The van der Waals surface area contributed by atoms with Crippen LogP contribution in [0.15, 0.2) is 36.4 Å². The first-order valence-corrected chi connectivity index (χ1v) is 11.1. The van der Waals surface area contributed by atoms with Crippen LogP contribution in [-0.4, -0.2) is 41.4 Å². The fourth-order valence-electron chi connectivity index (χ4n) is 2.85. The van der Waals surface area contributed by atoms with Crippen molar-refractivity contribution in [2.24, 2.45) is 0 Å². The number of halogens is 2. The molecule has 1 N–H and O–H groups in total. The summed E-state index contributed by atoms with van der Waals surface area (Å²) >= 11 is 12.1. The van der Waals surface area contributed by atoms with Gasteiger partial charge in [0.1, 0.15) is 11.4 Å². The monoisotopic (exact) mass is 509 g/mol. The highest BCUT2D eigenvalue weighted by Crippen LogP contribution is 2.32. The van der Waals surface area contributed by atoms with Gasteiger partial charge in [-0.05, 0) is 56.2 Å². The predicted molar refractivity (Wildman–Crippen MR) is 128 cm³/mol. The van der Waals surface area contributed by atoms with Gasteiger partial charge in [-0.25, -0.2) is 9.59 Å². The number of carbonyl (C=O) groups is 4. The largest absolute Gasteiger partial charge is 0.495 e. The van der Waals surface area contributed by atoms with Crippen LogP contribution in [0.25, 0.3) is 0 Å². The van der Waals surface area contributed by atoms with Crippen molar-refractivity contribution in [2.75, 3.05) is 12.0 Å². The molecule has 0 aliphatic heterocycles. The summed E-state index contributed by atoms with van der Waals surface area (Å²) in [5, 5.41) is 9.86. The van der Waals surface area contributed by atoms with E-state index in [1.165, 1.54) is 30.2 Å². The number of nitrogens with zero attached hydrogens (tertiary/aromatic N) is 1. The van der Waals surface area contributed by atoms with Gasteiger partial charge in [-0.1, -0.05) is 36.2 Å². The molecule has 0 fully saturated rings. The number of anilines is 1. The van der Waals surface area contributed by atoms with Gasteiger partial charge < -0.3 is 19.5 Å². The molecule has 0 saturated heterocycles. The summed E-state index contributed by atoms with van der Waals surface area (Å²) in [5.74, 6) is -3.92. The topological polar surface area (TPSA) is 110 Å². The second-order valence-corrected chi connectivity index (χ2v) is 8.84. The molecule has 0 aromatic heterocycles. The SMILES string of the molecule is CCC(C)(C)OC(=O)C(=O)CC(=O)N(Cc1ccc(Cl)c(Cl)c1)c1ccc(C(=O)O)cc1OC. The Morgan fingerprint density at radius 2 is 1.71 bits per heavy atom. The van der Waals surface area contributed by atoms with Crippen molar-refractivity contribution in [3.63, 3.8) is 0 Å². The molecule has 34 heavy (non-hydrogen) atoms. The third kappa shape index (κ3) is 6.95. The standard InChI is InChI=1S/C24H25Cl2NO7/c1-5-24(2,3)34-23(32)19(28)12-21(29)27(13-14-6-8-16(25)17(26)10-14)18-9-7-15(22(30)31)11-20(18)33-4/h6-11H,5,12-13H2,1-4H3,(H,30,31). The van der Waals surface area contributed by atoms with Crippen molar-refractivity contribution in [2.45, 2.75) is 45.8 Å². The first-order chi connectivity index (χ1) is 15.9. The Bertz CT molecular complexity index is 1110. The Hall–Kier alpha value is -3.10. The number of carboxylic acid groups (broad SMARTS) is 1. The van der Waals surface area contributed by atoms with Crippen LogP contribution in [0.1, 0.15) is 49.5 Å². The van der Waals surface area contributed by atoms with Crippen LogP contribution < -0.4 is 9.64 Å². The molecular weight excluding hydrogens is 485 g/mol. The number of carbonyl (C=O) groups excluding carboxylic acids is 3. The quantitative estimate of drug-likeness (QED) is 0.274. The van der Waals surface area contributed by atoms with Gasteiger partial charge in [0.2, 0.25) is 11.7 Å². The van der Waals surface area contributed by atoms with E-state index >= 15 is 0 Å². The summed E-state index contributed by atoms with van der Waals surface area (Å²) < 4.78 is 10.5. The number of ether oxygens (including phenoxy) is 2. The molecule has 0 aliphatic rings. The number of hydrogen-bond donors (Lipinski definition) is 1. The zero-order valence-corrected chi connectivity index (χ0v) is 20.7. The van der Waals surface area contributed by atoms with Crippen LogP contribution in [-0.2, 0) is 25.7 Å². The Labute approximate surface area is 207 Å². The molecule has 0 heterocycles. The maximum Gasteiger partial charge on any atom is 0.375 e. The molecule has 2 aromatic rings. The van der Waals surface area contributed by atoms with Crippen molar-refractivity contribution in [3.05, 3.63) is 57.6 Å². The normalized spacial score (nSPS) is 11.0. The van der Waals surface area contributed by atoms with Gasteiger partial charge >= 0.3 is 11.9 Å². The first-order valence-electron chi connectivity index (χ1n) is 10.3. The minimum atomic E-state index is -1.18. The number of esters is 1. The third-order valence-electron chi connectivity index (χ3n) is 5.10. The van der Waals surface area contributed by atoms with Gasteiger partial charge in [-0.3, -0.25) is 9.59 Å². The van der Waals surface area contributed by atoms with E-state index in [0.717, 1.165) is 0 Å². The van der Waals surface area contributed by atoms with Gasteiger partial charge in [0, 0.05) is 0 Å². The molecule has 182 valence electrons. The number of Topliss-reactive ketones (excluding diaryl/α,β-unsaturated/α-hetero) is 1. The molecule has 8 nitrogen and oxygen atoms in total. The zero-order valence-electron chi connectivity index (χ0n) is 19.2. The fourth-order valence-corrected chi connectivity index (χ4v) is 3.17. The van der Waals surface area contributed by atoms with Crippen molar-refractivity contribution in [3.8, 4) is 5.75 Å². The van der Waals surface area contributed by atoms with E-state index < -0.39 is 35.7 Å². The van der Waals surface area contributed by atoms with Crippen LogP contribution in [0.4, 0.5) is 5.69 Å². The Balaban J connectivity index is 2.41. The second kappa shape index (κ2) is 11.4. The number of aromatic carboxylic acids is 1. The summed E-state index contributed by atoms with van der Waals surface area (Å²) in [6, 6.07) is 8.71. The summed E-state index contributed by atoms with van der Waals surface area (Å²) in [7, 11) is 1.32. The van der Waals surface area contributed by atoms with Gasteiger partial charge in [0.15, 0.2) is 0 Å². The van der Waals surface area contributed by atoms with Crippen molar-refractivity contribution in [1.82, 2.24) is 0 Å². The highest BCUT2D eigenvalue weighted by Gasteiger charge is 2.30. The molecule has 2 aromatic carbocycles. The van der Waals surface area contributed by atoms with Crippen LogP contribution in [0, 0.1) is 0 Å². The van der Waals surface area contributed by atoms with Crippen LogP contribution in [0.5, 0.6) is 5.75 Å². The Kier molecular flexibility index (Phi) is 9.06. The molecule has 0 spiro atoms. The maximum atomic E-state index is 13.2. The van der Waals surface area contributed by atoms with E-state index in [1.54, 1.807) is 39.0 Å². The maximum absolute atomic E-state index is 13.2. The summed E-state index contributed by atoms with van der Waals surface area (Å²) in [5.41, 5.74) is -0.123. The third-order valence-corrected chi connectivity index (χ3v) is 5.84. The smallest absolute Gasteiger partial charge is 0.375 e. The van der Waals surface area contributed by atoms with Crippen molar-refractivity contribution < 1.29 is 33.8 Å². The highest BCUT2D eigenvalue weighted by molar-refractivity contribution is 6.42. The minimum Gasteiger partial charge on any atom is -0.495 e. The average Bonchev–Trinajstić information content (AvgIpc) is 2.78. The van der Waals surface area contributed by atoms with Crippen LogP contribution in [0.3, 0.4) is 0 Å². The van der Waals surface area contributed by atoms with Gasteiger partial charge in [-0.2, -0.15) is 0 Å². The lowest BCUT2D eigenvalue weighted by atomic mass is 10.1. The number of hydrogen-bond acceptors (Lipinski definition) is 6. The van der Waals surface area contributed by atoms with E-state index in [4.69, 9.17) is 32.7 Å². The van der Waals surface area contributed by atoms with E-state index in [0.29, 0.717) is 17.0 Å². The molecule has 0 radical (unpaired) electrons. The fraction of sp³-hybridized carbons (Fsp3) is 0.333. The van der Waals surface area contributed by atoms with Crippen molar-refractivity contribution in [1.29, 1.82) is 0 Å². The predicted octanol–water partition coefficient (Wildman–Crippen LogP) is 4.92. The summed E-state index contributed by atoms with van der Waals surface area (Å²) in [6.45, 7) is 5.06. The Morgan fingerprint density at radius 1 is 1.03 bits per heavy atom. The molecule has 0 unspecified atom stereocenters. The lowest BCUT2D eigenvalue weighted by Gasteiger charge is -2.26. The molecule has 10 heteroatoms. The lowest BCUT2D eigenvalue weighted by molar-refractivity contribution is -0.164. The average molecular weight is 510 g/mol. The molecule has 0 saturated carbocycles. The number of ketones is 1. The second-order valence-electron chi connectivity index (χ2n) is 8.02. The molecular formula is C24H25Cl2NO7. The number of benzene rings is 2. The van der Waals surface area contributed by atoms with E-state index in [-0.39, 0.29) is 28.6 Å². The van der Waals surface area contributed by atoms with E-state index in [9.17, 15) is 24.3 Å². The minimum absolute atomic E-state index is 0.0519. The van der Waals surface area contributed by atoms with Crippen molar-refractivity contribution >= 4 is 52.5 Å². The van der Waals surface area contributed by atoms with Gasteiger partial charge in [0.05, 0.1) is 41.4 Å². The summed E-state index contributed by atoms with van der Waals surface area (Å²) in [6.07, 6.45) is -0.277. The van der Waals surface area contributed by atoms with Gasteiger partial charge in [0.25, 0.3) is 0 Å². The molecule has 0 bridgehead atoms. The number of carboxylic acids is 1. The molecule has 1 amide bonds. The van der Waals surface area contributed by atoms with E-state index in [1.807, 2.05) is 0 Å². The first kappa shape index (κ1) is 27.1. The number of rotatable bonds is 10. The number of methoxy groups -OCH3 is 1. The van der Waals surface area contributed by atoms with Crippen LogP contribution in [0.2, 0.25) is 10.0 Å². The molecule has 2 rings (SSSR count). The Morgan fingerprint density at radius 3 is 2.26 bits per heavy atom. The molecule has 0 aliphatic carbocycles. The van der Waals surface area contributed by atoms with Gasteiger partial charge in [-0.15, -0.1) is 0 Å². The highest BCUT2D eigenvalue weighted by atomic mass is 35.5. The van der Waals surface area contributed by atoms with E-state index in [2.05, 4.69) is 0 Å². The number of amides is 1. The van der Waals surface area contributed by atoms with Crippen LogP contribution >= 0.6 is 23.2 Å². The molecule has 0 atom stereocenters.